The molecule has 4 aromatic carbocycles. The number of benzene rings is 4. The molecule has 6 heteroatoms. The van der Waals surface area contributed by atoms with Crippen LogP contribution in [0.5, 0.6) is 5.75 Å². The van der Waals surface area contributed by atoms with Gasteiger partial charge in [-0.2, -0.15) is 0 Å². The van der Waals surface area contributed by atoms with Gasteiger partial charge in [0.05, 0.1) is 23.6 Å². The highest BCUT2D eigenvalue weighted by atomic mass is 127. The SMILES string of the molecule is Cc1ccc([S+](c2ccccc2)c2ccc(C(=O)Oc3c(I)cc(I)cc3I)cc2)cc1. The van der Waals surface area contributed by atoms with Crippen LogP contribution in [0.4, 0.5) is 0 Å². The molecule has 0 aliphatic rings. The van der Waals surface area contributed by atoms with Gasteiger partial charge in [-0.3, -0.25) is 0 Å². The van der Waals surface area contributed by atoms with Gasteiger partial charge in [-0.1, -0.05) is 35.9 Å². The molecular weight excluding hydrogens is 757 g/mol. The molecule has 0 aliphatic heterocycles. The van der Waals surface area contributed by atoms with Gasteiger partial charge < -0.3 is 4.74 Å². The van der Waals surface area contributed by atoms with Crippen molar-refractivity contribution >= 4 is 84.6 Å². The molecule has 0 amide bonds. The average Bonchev–Trinajstić information content (AvgIpc) is 2.79. The molecule has 0 heterocycles. The minimum absolute atomic E-state index is 0.248. The molecule has 0 radical (unpaired) electrons. The number of esters is 1. The number of halogens is 3. The van der Waals surface area contributed by atoms with Gasteiger partial charge >= 0.3 is 5.97 Å². The minimum atomic E-state index is -0.344. The second-order valence-electron chi connectivity index (χ2n) is 7.04. The molecule has 0 saturated heterocycles. The van der Waals surface area contributed by atoms with Gasteiger partial charge in [0, 0.05) is 3.57 Å². The number of carbonyl (C=O) groups is 1. The molecule has 0 fully saturated rings. The van der Waals surface area contributed by atoms with E-state index in [1.54, 1.807) is 0 Å². The van der Waals surface area contributed by atoms with E-state index in [0.29, 0.717) is 11.3 Å². The minimum Gasteiger partial charge on any atom is -0.421 e. The van der Waals surface area contributed by atoms with Crippen LogP contribution in [0.3, 0.4) is 0 Å². The van der Waals surface area contributed by atoms with Crippen LogP contribution in [0.1, 0.15) is 15.9 Å². The Hall–Kier alpha value is -1.11. The summed E-state index contributed by atoms with van der Waals surface area (Å²) in [6.45, 7) is 2.10. The van der Waals surface area contributed by atoms with E-state index >= 15 is 0 Å². The Kier molecular flexibility index (Phi) is 8.17. The molecule has 0 spiro atoms. The van der Waals surface area contributed by atoms with E-state index < -0.39 is 0 Å². The zero-order valence-corrected chi connectivity index (χ0v) is 24.3. The first-order chi connectivity index (χ1) is 15.4. The molecule has 32 heavy (non-hydrogen) atoms. The van der Waals surface area contributed by atoms with E-state index in [1.165, 1.54) is 15.4 Å². The molecule has 0 bridgehead atoms. The van der Waals surface area contributed by atoms with Gasteiger partial charge in [0.15, 0.2) is 20.4 Å². The second kappa shape index (κ2) is 10.9. The van der Waals surface area contributed by atoms with E-state index in [1.807, 2.05) is 42.5 Å². The van der Waals surface area contributed by atoms with Crippen molar-refractivity contribution in [1.29, 1.82) is 0 Å². The van der Waals surface area contributed by atoms with Crippen LogP contribution < -0.4 is 4.74 Å². The quantitative estimate of drug-likeness (QED) is 0.0887. The van der Waals surface area contributed by atoms with Gasteiger partial charge in [-0.15, -0.1) is 0 Å². The lowest BCUT2D eigenvalue weighted by Gasteiger charge is -2.11. The van der Waals surface area contributed by atoms with Crippen LogP contribution in [0.25, 0.3) is 0 Å². The van der Waals surface area contributed by atoms with Crippen molar-refractivity contribution in [3.05, 3.63) is 113 Å². The Bertz CT molecular complexity index is 1220. The summed E-state index contributed by atoms with van der Waals surface area (Å²) in [5, 5.41) is 0. The van der Waals surface area contributed by atoms with E-state index in [9.17, 15) is 4.79 Å². The third kappa shape index (κ3) is 5.68. The predicted octanol–water partition coefficient (Wildman–Crippen LogP) is 8.12. The number of ether oxygens (including phenoxy) is 1. The lowest BCUT2D eigenvalue weighted by atomic mass is 10.2. The third-order valence-corrected chi connectivity index (χ3v) is 9.18. The zero-order chi connectivity index (χ0) is 22.7. The smallest absolute Gasteiger partial charge is 0.343 e. The fraction of sp³-hybridized carbons (Fsp3) is 0.0385. The number of rotatable bonds is 5. The van der Waals surface area contributed by atoms with Crippen molar-refractivity contribution in [1.82, 2.24) is 0 Å². The highest BCUT2D eigenvalue weighted by Crippen LogP contribution is 2.33. The number of hydrogen-bond acceptors (Lipinski definition) is 2. The highest BCUT2D eigenvalue weighted by molar-refractivity contribution is 14.1. The Morgan fingerprint density at radius 1 is 0.719 bits per heavy atom. The van der Waals surface area contributed by atoms with Crippen molar-refractivity contribution in [3.63, 3.8) is 0 Å². The fourth-order valence-electron chi connectivity index (χ4n) is 3.14. The summed E-state index contributed by atoms with van der Waals surface area (Å²) in [5.74, 6) is 0.271. The first-order valence-electron chi connectivity index (χ1n) is 9.75. The maximum Gasteiger partial charge on any atom is 0.343 e. The first-order valence-corrected chi connectivity index (χ1v) is 14.2. The predicted molar refractivity (Wildman–Crippen MR) is 156 cm³/mol. The van der Waals surface area contributed by atoms with Gasteiger partial charge in [-0.05, 0) is 135 Å². The molecule has 0 saturated carbocycles. The van der Waals surface area contributed by atoms with Crippen LogP contribution in [0.2, 0.25) is 0 Å². The van der Waals surface area contributed by atoms with Gasteiger partial charge in [0.2, 0.25) is 0 Å². The monoisotopic (exact) mass is 775 g/mol. The molecule has 0 aliphatic carbocycles. The Morgan fingerprint density at radius 3 is 1.78 bits per heavy atom. The summed E-state index contributed by atoms with van der Waals surface area (Å²) in [6, 6.07) is 31.0. The van der Waals surface area contributed by atoms with Gasteiger partial charge in [0.1, 0.15) is 0 Å². The molecule has 2 nitrogen and oxygen atoms in total. The summed E-state index contributed by atoms with van der Waals surface area (Å²) >= 11 is 6.68. The van der Waals surface area contributed by atoms with Crippen molar-refractivity contribution < 1.29 is 9.53 Å². The molecule has 1 unspecified atom stereocenters. The van der Waals surface area contributed by atoms with E-state index in [2.05, 4.69) is 123 Å². The number of carbonyl (C=O) groups excluding carboxylic acids is 1. The molecule has 1 atom stereocenters. The maximum absolute atomic E-state index is 12.8. The van der Waals surface area contributed by atoms with E-state index in [0.717, 1.165) is 15.6 Å². The van der Waals surface area contributed by atoms with E-state index in [-0.39, 0.29) is 16.9 Å². The molecular formula is C26H18I3O2S+. The van der Waals surface area contributed by atoms with Crippen LogP contribution in [0.15, 0.2) is 106 Å². The summed E-state index contributed by atoms with van der Waals surface area (Å²) in [4.78, 5) is 16.5. The Balaban J connectivity index is 1.63. The molecule has 160 valence electrons. The van der Waals surface area contributed by atoms with Crippen molar-refractivity contribution in [3.8, 4) is 5.75 Å². The van der Waals surface area contributed by atoms with Crippen LogP contribution in [-0.4, -0.2) is 5.97 Å². The second-order valence-corrected chi connectivity index (χ2v) is 12.6. The number of aryl methyl sites for hydroxylation is 1. The maximum atomic E-state index is 12.8. The van der Waals surface area contributed by atoms with Crippen molar-refractivity contribution in [2.75, 3.05) is 0 Å². The number of hydrogen-bond donors (Lipinski definition) is 0. The molecule has 0 N–H and O–H groups in total. The summed E-state index contributed by atoms with van der Waals surface area (Å²) < 4.78 is 8.71. The Morgan fingerprint density at radius 2 is 1.22 bits per heavy atom. The first kappa shape index (κ1) is 24.0. The lowest BCUT2D eigenvalue weighted by molar-refractivity contribution is 0.0732. The third-order valence-electron chi connectivity index (χ3n) is 4.72. The van der Waals surface area contributed by atoms with Crippen LogP contribution in [-0.2, 0) is 10.9 Å². The normalized spacial score (nSPS) is 11.8. The lowest BCUT2D eigenvalue weighted by Crippen LogP contribution is -2.11. The summed E-state index contributed by atoms with van der Waals surface area (Å²) in [6.07, 6.45) is 0. The largest absolute Gasteiger partial charge is 0.421 e. The molecule has 0 aromatic heterocycles. The Labute approximate surface area is 231 Å². The fourth-order valence-corrected chi connectivity index (χ4v) is 9.01. The molecule has 4 aromatic rings. The highest BCUT2D eigenvalue weighted by Gasteiger charge is 2.28. The standard InChI is InChI=1S/C26H18I3O2S/c1-17-7-11-21(12-8-17)32(20-5-3-2-4-6-20)22-13-9-18(10-14-22)26(30)31-25-23(28)15-19(27)16-24(25)29/h2-16H,1H3/q+1. The summed E-state index contributed by atoms with van der Waals surface area (Å²) in [5.41, 5.74) is 1.78. The topological polar surface area (TPSA) is 26.3 Å². The van der Waals surface area contributed by atoms with Gasteiger partial charge in [-0.25, -0.2) is 4.79 Å². The van der Waals surface area contributed by atoms with Crippen LogP contribution >= 0.6 is 67.8 Å². The molecule has 4 rings (SSSR count). The average molecular weight is 775 g/mol. The van der Waals surface area contributed by atoms with Crippen LogP contribution in [0, 0.1) is 17.6 Å². The van der Waals surface area contributed by atoms with Crippen molar-refractivity contribution in [2.45, 2.75) is 21.6 Å². The van der Waals surface area contributed by atoms with E-state index in [4.69, 9.17) is 4.74 Å². The van der Waals surface area contributed by atoms with Crippen molar-refractivity contribution in [2.24, 2.45) is 0 Å². The zero-order valence-electron chi connectivity index (χ0n) is 17.0. The summed E-state index contributed by atoms with van der Waals surface area (Å²) in [7, 11) is -0.248. The van der Waals surface area contributed by atoms with Gasteiger partial charge in [0.25, 0.3) is 0 Å².